The van der Waals surface area contributed by atoms with Crippen molar-refractivity contribution >= 4 is 39.1 Å². The Morgan fingerprint density at radius 1 is 0.973 bits per heavy atom. The van der Waals surface area contributed by atoms with Gasteiger partial charge in [-0.15, -0.1) is 0 Å². The zero-order valence-corrected chi connectivity index (χ0v) is 23.0. The average Bonchev–Trinajstić information content (AvgIpc) is 2.86. The lowest BCUT2D eigenvalue weighted by Gasteiger charge is -2.32. The van der Waals surface area contributed by atoms with Gasteiger partial charge in [-0.25, -0.2) is 8.42 Å². The van der Waals surface area contributed by atoms with Gasteiger partial charge in [-0.05, 0) is 69.2 Å². The molecule has 3 aromatic rings. The fourth-order valence-corrected chi connectivity index (χ4v) is 5.62. The van der Waals surface area contributed by atoms with Gasteiger partial charge in [0.2, 0.25) is 11.8 Å². The third-order valence-electron chi connectivity index (χ3n) is 6.03. The van der Waals surface area contributed by atoms with Crippen molar-refractivity contribution in [1.29, 1.82) is 0 Å². The van der Waals surface area contributed by atoms with Crippen LogP contribution in [0.1, 0.15) is 30.5 Å². The molecule has 0 aromatic heterocycles. The van der Waals surface area contributed by atoms with Crippen LogP contribution in [0.15, 0.2) is 77.7 Å². The average molecular weight is 542 g/mol. The van der Waals surface area contributed by atoms with Crippen LogP contribution in [0.2, 0.25) is 5.02 Å². The van der Waals surface area contributed by atoms with E-state index in [1.807, 2.05) is 6.92 Å². The third-order valence-corrected chi connectivity index (χ3v) is 8.04. The van der Waals surface area contributed by atoms with Gasteiger partial charge in [0.25, 0.3) is 10.0 Å². The highest BCUT2D eigenvalue weighted by atomic mass is 35.5. The summed E-state index contributed by atoms with van der Waals surface area (Å²) in [6.07, 6.45) is 0. The molecule has 0 heterocycles. The number of nitrogens with zero attached hydrogens (tertiary/aromatic N) is 2. The molecule has 196 valence electrons. The van der Waals surface area contributed by atoms with Gasteiger partial charge in [0.15, 0.2) is 0 Å². The Hall–Kier alpha value is -3.36. The third kappa shape index (κ3) is 6.90. The molecule has 0 aliphatic heterocycles. The lowest BCUT2D eigenvalue weighted by Crippen LogP contribution is -2.51. The number of amides is 2. The van der Waals surface area contributed by atoms with Crippen LogP contribution < -0.4 is 9.62 Å². The molecule has 2 amide bonds. The number of para-hydroxylation sites is 1. The van der Waals surface area contributed by atoms with Crippen molar-refractivity contribution in [3.63, 3.8) is 0 Å². The molecule has 9 heteroatoms. The lowest BCUT2D eigenvalue weighted by molar-refractivity contribution is -0.139. The van der Waals surface area contributed by atoms with Gasteiger partial charge in [0, 0.05) is 18.1 Å². The van der Waals surface area contributed by atoms with Gasteiger partial charge in [-0.1, -0.05) is 59.6 Å². The Bertz CT molecular complexity index is 1360. The standard InChI is InChI=1S/C28H32ClN3O4S/c1-5-30-28(34)22(4)31(18-23-10-8-11-24(29)17-23)27(33)19-32(26-12-7-6-9-21(26)3)37(35,36)25-15-13-20(2)14-16-25/h6-17,22H,5,18-19H2,1-4H3,(H,30,34)/t22-/m1/s1. The number of hydrogen-bond acceptors (Lipinski definition) is 4. The van der Waals surface area contributed by atoms with Crippen LogP contribution in [-0.2, 0) is 26.2 Å². The molecule has 1 atom stereocenters. The zero-order chi connectivity index (χ0) is 27.2. The molecule has 0 saturated heterocycles. The highest BCUT2D eigenvalue weighted by Gasteiger charge is 2.33. The number of carbonyl (C=O) groups excluding carboxylic acids is 2. The first kappa shape index (κ1) is 28.2. The van der Waals surface area contributed by atoms with Crippen LogP contribution >= 0.6 is 11.6 Å². The normalized spacial score (nSPS) is 12.0. The molecule has 0 aliphatic carbocycles. The topological polar surface area (TPSA) is 86.8 Å². The number of anilines is 1. The van der Waals surface area contributed by atoms with Crippen molar-refractivity contribution in [2.45, 2.75) is 45.2 Å². The molecular formula is C28H32ClN3O4S. The maximum absolute atomic E-state index is 13.8. The molecular weight excluding hydrogens is 510 g/mol. The van der Waals surface area contributed by atoms with Crippen LogP contribution in [0, 0.1) is 13.8 Å². The molecule has 1 N–H and O–H groups in total. The lowest BCUT2D eigenvalue weighted by atomic mass is 10.1. The molecule has 0 aliphatic rings. The molecule has 0 bridgehead atoms. The SMILES string of the molecule is CCNC(=O)[C@@H](C)N(Cc1cccc(Cl)c1)C(=O)CN(c1ccccc1C)S(=O)(=O)c1ccc(C)cc1. The summed E-state index contributed by atoms with van der Waals surface area (Å²) in [6, 6.07) is 19.6. The Kier molecular flexibility index (Phi) is 9.34. The van der Waals surface area contributed by atoms with E-state index in [0.717, 1.165) is 15.4 Å². The molecule has 37 heavy (non-hydrogen) atoms. The van der Waals surface area contributed by atoms with E-state index in [-0.39, 0.29) is 17.3 Å². The minimum atomic E-state index is -4.09. The van der Waals surface area contributed by atoms with Crippen molar-refractivity contribution in [3.8, 4) is 0 Å². The van der Waals surface area contributed by atoms with Crippen LogP contribution in [0.3, 0.4) is 0 Å². The molecule has 0 radical (unpaired) electrons. The number of carbonyl (C=O) groups is 2. The first-order valence-corrected chi connectivity index (χ1v) is 13.8. The second-order valence-corrected chi connectivity index (χ2v) is 11.1. The molecule has 0 fully saturated rings. The summed E-state index contributed by atoms with van der Waals surface area (Å²) in [5.74, 6) is -0.848. The van der Waals surface area contributed by atoms with Crippen LogP contribution in [0.4, 0.5) is 5.69 Å². The number of likely N-dealkylation sites (N-methyl/N-ethyl adjacent to an activating group) is 1. The summed E-state index contributed by atoms with van der Waals surface area (Å²) in [6.45, 7) is 7.09. The van der Waals surface area contributed by atoms with E-state index in [4.69, 9.17) is 11.6 Å². The summed E-state index contributed by atoms with van der Waals surface area (Å²) in [5.41, 5.74) is 2.73. The summed E-state index contributed by atoms with van der Waals surface area (Å²) in [4.78, 5) is 28.0. The predicted molar refractivity (Wildman–Crippen MR) is 147 cm³/mol. The van der Waals surface area contributed by atoms with E-state index in [1.165, 1.54) is 17.0 Å². The smallest absolute Gasteiger partial charge is 0.264 e. The monoisotopic (exact) mass is 541 g/mol. The fraction of sp³-hybridized carbons (Fsp3) is 0.286. The van der Waals surface area contributed by atoms with Crippen molar-refractivity contribution in [3.05, 3.63) is 94.5 Å². The molecule has 3 rings (SSSR count). The Morgan fingerprint density at radius 3 is 2.27 bits per heavy atom. The molecule has 0 unspecified atom stereocenters. The fourth-order valence-electron chi connectivity index (χ4n) is 3.93. The first-order valence-electron chi connectivity index (χ1n) is 12.0. The van der Waals surface area contributed by atoms with Crippen molar-refractivity contribution in [2.24, 2.45) is 0 Å². The summed E-state index contributed by atoms with van der Waals surface area (Å²) in [5, 5.41) is 3.24. The second-order valence-electron chi connectivity index (χ2n) is 8.83. The minimum Gasteiger partial charge on any atom is -0.355 e. The van der Waals surface area contributed by atoms with Gasteiger partial charge in [0.1, 0.15) is 12.6 Å². The van der Waals surface area contributed by atoms with E-state index in [0.29, 0.717) is 22.8 Å². The number of sulfonamides is 1. The number of hydrogen-bond donors (Lipinski definition) is 1. The van der Waals surface area contributed by atoms with Gasteiger partial charge in [-0.3, -0.25) is 13.9 Å². The van der Waals surface area contributed by atoms with E-state index >= 15 is 0 Å². The highest BCUT2D eigenvalue weighted by Crippen LogP contribution is 2.27. The van der Waals surface area contributed by atoms with Crippen molar-refractivity contribution in [1.82, 2.24) is 10.2 Å². The second kappa shape index (κ2) is 12.3. The Morgan fingerprint density at radius 2 is 1.65 bits per heavy atom. The number of rotatable bonds is 10. The predicted octanol–water partition coefficient (Wildman–Crippen LogP) is 4.71. The van der Waals surface area contributed by atoms with Gasteiger partial charge in [0.05, 0.1) is 10.6 Å². The van der Waals surface area contributed by atoms with Gasteiger partial charge in [-0.2, -0.15) is 0 Å². The first-order chi connectivity index (χ1) is 17.5. The number of benzene rings is 3. The van der Waals surface area contributed by atoms with E-state index < -0.39 is 28.5 Å². The molecule has 3 aromatic carbocycles. The maximum atomic E-state index is 13.8. The number of halogens is 1. The zero-order valence-electron chi connectivity index (χ0n) is 21.4. The van der Waals surface area contributed by atoms with Crippen molar-refractivity contribution in [2.75, 3.05) is 17.4 Å². The number of aryl methyl sites for hydroxylation is 2. The van der Waals surface area contributed by atoms with Gasteiger partial charge < -0.3 is 10.2 Å². The summed E-state index contributed by atoms with van der Waals surface area (Å²) in [7, 11) is -4.09. The summed E-state index contributed by atoms with van der Waals surface area (Å²) < 4.78 is 28.8. The van der Waals surface area contributed by atoms with Crippen LogP contribution in [0.25, 0.3) is 0 Å². The minimum absolute atomic E-state index is 0.0762. The van der Waals surface area contributed by atoms with Crippen LogP contribution in [0.5, 0.6) is 0 Å². The van der Waals surface area contributed by atoms with Crippen LogP contribution in [-0.4, -0.2) is 44.3 Å². The quantitative estimate of drug-likeness (QED) is 0.403. The van der Waals surface area contributed by atoms with E-state index in [1.54, 1.807) is 81.4 Å². The molecule has 7 nitrogen and oxygen atoms in total. The maximum Gasteiger partial charge on any atom is 0.264 e. The molecule has 0 spiro atoms. The van der Waals surface area contributed by atoms with Gasteiger partial charge >= 0.3 is 0 Å². The Labute approximate surface area is 224 Å². The number of nitrogens with one attached hydrogen (secondary N) is 1. The highest BCUT2D eigenvalue weighted by molar-refractivity contribution is 7.92. The Balaban J connectivity index is 2.04. The largest absolute Gasteiger partial charge is 0.355 e. The van der Waals surface area contributed by atoms with Crippen molar-refractivity contribution < 1.29 is 18.0 Å². The summed E-state index contributed by atoms with van der Waals surface area (Å²) >= 11 is 6.15. The van der Waals surface area contributed by atoms with E-state index in [2.05, 4.69) is 5.32 Å². The molecule has 0 saturated carbocycles. The van der Waals surface area contributed by atoms with E-state index in [9.17, 15) is 18.0 Å².